The third-order valence-electron chi connectivity index (χ3n) is 4.45. The van der Waals surface area contributed by atoms with E-state index < -0.39 is 0 Å². The summed E-state index contributed by atoms with van der Waals surface area (Å²) in [5, 5.41) is 3.48. The van der Waals surface area contributed by atoms with E-state index in [0.717, 1.165) is 44.0 Å². The smallest absolute Gasteiger partial charge is 0.161 e. The lowest BCUT2D eigenvalue weighted by Crippen LogP contribution is -2.35. The van der Waals surface area contributed by atoms with Gasteiger partial charge < -0.3 is 24.3 Å². The lowest BCUT2D eigenvalue weighted by Gasteiger charge is -2.27. The molecule has 0 bridgehead atoms. The van der Waals surface area contributed by atoms with Gasteiger partial charge in [-0.2, -0.15) is 0 Å². The lowest BCUT2D eigenvalue weighted by molar-refractivity contribution is -0.161. The van der Waals surface area contributed by atoms with Gasteiger partial charge in [0.25, 0.3) is 0 Å². The maximum atomic E-state index is 5.75. The molecule has 0 radical (unpaired) electrons. The summed E-state index contributed by atoms with van der Waals surface area (Å²) in [5.74, 6) is 1.52. The van der Waals surface area contributed by atoms with Gasteiger partial charge in [-0.3, -0.25) is 0 Å². The SMILES string of the molecule is COc1ccc(C(C)(C)CNCCOC2CCCCO2)cc1OC. The summed E-state index contributed by atoms with van der Waals surface area (Å²) in [5.41, 5.74) is 1.20. The second-order valence-electron chi connectivity index (χ2n) is 6.80. The van der Waals surface area contributed by atoms with Crippen molar-refractivity contribution in [3.8, 4) is 11.5 Å². The number of nitrogens with one attached hydrogen (secondary N) is 1. The van der Waals surface area contributed by atoms with E-state index in [9.17, 15) is 0 Å². The molecule has 136 valence electrons. The Hall–Kier alpha value is -1.30. The number of benzene rings is 1. The van der Waals surface area contributed by atoms with Crippen molar-refractivity contribution in [2.45, 2.75) is 44.8 Å². The zero-order chi connectivity index (χ0) is 17.4. The summed E-state index contributed by atoms with van der Waals surface area (Å²) >= 11 is 0. The van der Waals surface area contributed by atoms with Gasteiger partial charge in [0.1, 0.15) is 0 Å². The van der Waals surface area contributed by atoms with Crippen LogP contribution in [0.25, 0.3) is 0 Å². The molecule has 1 heterocycles. The predicted octanol–water partition coefficient (Wildman–Crippen LogP) is 3.11. The van der Waals surface area contributed by atoms with Crippen molar-refractivity contribution < 1.29 is 18.9 Å². The van der Waals surface area contributed by atoms with E-state index >= 15 is 0 Å². The maximum Gasteiger partial charge on any atom is 0.161 e. The summed E-state index contributed by atoms with van der Waals surface area (Å²) in [7, 11) is 3.32. The average Bonchev–Trinajstić information content (AvgIpc) is 2.61. The summed E-state index contributed by atoms with van der Waals surface area (Å²) in [4.78, 5) is 0. The molecule has 0 aromatic heterocycles. The zero-order valence-corrected chi connectivity index (χ0v) is 15.4. The first-order valence-electron chi connectivity index (χ1n) is 8.73. The topological polar surface area (TPSA) is 49.0 Å². The fraction of sp³-hybridized carbons (Fsp3) is 0.684. The Labute approximate surface area is 145 Å². The first-order chi connectivity index (χ1) is 11.6. The molecule has 0 spiro atoms. The molecular weight excluding hydrogens is 306 g/mol. The second-order valence-corrected chi connectivity index (χ2v) is 6.80. The van der Waals surface area contributed by atoms with Gasteiger partial charge in [0.05, 0.1) is 20.8 Å². The maximum absolute atomic E-state index is 5.75. The highest BCUT2D eigenvalue weighted by Crippen LogP contribution is 2.32. The normalized spacial score (nSPS) is 18.4. The molecule has 1 N–H and O–H groups in total. The van der Waals surface area contributed by atoms with Crippen LogP contribution in [0.2, 0.25) is 0 Å². The van der Waals surface area contributed by atoms with Gasteiger partial charge in [0, 0.05) is 25.1 Å². The van der Waals surface area contributed by atoms with Crippen LogP contribution in [-0.4, -0.2) is 46.8 Å². The molecule has 1 aliphatic rings. The standard InChI is InChI=1S/C19H31NO4/c1-19(2,15-8-9-16(21-3)17(13-15)22-4)14-20-10-12-24-18-7-5-6-11-23-18/h8-9,13,18,20H,5-7,10-12,14H2,1-4H3. The Morgan fingerprint density at radius 2 is 1.96 bits per heavy atom. The van der Waals surface area contributed by atoms with Crippen LogP contribution in [0, 0.1) is 0 Å². The molecule has 1 aliphatic heterocycles. The van der Waals surface area contributed by atoms with Crippen LogP contribution in [0.5, 0.6) is 11.5 Å². The van der Waals surface area contributed by atoms with Gasteiger partial charge >= 0.3 is 0 Å². The molecular formula is C19H31NO4. The first kappa shape index (κ1) is 19.0. The summed E-state index contributed by atoms with van der Waals surface area (Å²) in [6, 6.07) is 6.10. The highest BCUT2D eigenvalue weighted by atomic mass is 16.7. The Balaban J connectivity index is 1.78. The van der Waals surface area contributed by atoms with Crippen LogP contribution in [0.4, 0.5) is 0 Å². The van der Waals surface area contributed by atoms with Gasteiger partial charge in [0.2, 0.25) is 0 Å². The summed E-state index contributed by atoms with van der Waals surface area (Å²) < 4.78 is 22.0. The van der Waals surface area contributed by atoms with Crippen LogP contribution in [0.3, 0.4) is 0 Å². The molecule has 0 aliphatic carbocycles. The van der Waals surface area contributed by atoms with E-state index in [1.807, 2.05) is 12.1 Å². The minimum atomic E-state index is -0.0144. The third-order valence-corrected chi connectivity index (χ3v) is 4.45. The summed E-state index contributed by atoms with van der Waals surface area (Å²) in [6.07, 6.45) is 3.35. The highest BCUT2D eigenvalue weighted by Gasteiger charge is 2.22. The number of hydrogen-bond acceptors (Lipinski definition) is 5. The van der Waals surface area contributed by atoms with Crippen molar-refractivity contribution >= 4 is 0 Å². The van der Waals surface area contributed by atoms with Crippen molar-refractivity contribution in [2.75, 3.05) is 40.5 Å². The van der Waals surface area contributed by atoms with Gasteiger partial charge in [-0.25, -0.2) is 0 Å². The van der Waals surface area contributed by atoms with Crippen LogP contribution < -0.4 is 14.8 Å². The van der Waals surface area contributed by atoms with Crippen molar-refractivity contribution in [3.05, 3.63) is 23.8 Å². The zero-order valence-electron chi connectivity index (χ0n) is 15.4. The van der Waals surface area contributed by atoms with E-state index in [0.29, 0.717) is 6.61 Å². The minimum absolute atomic E-state index is 0.0130. The van der Waals surface area contributed by atoms with Gasteiger partial charge in [-0.15, -0.1) is 0 Å². The molecule has 1 saturated heterocycles. The Morgan fingerprint density at radius 3 is 2.62 bits per heavy atom. The predicted molar refractivity (Wildman–Crippen MR) is 95.0 cm³/mol. The number of methoxy groups -OCH3 is 2. The Bertz CT molecular complexity index is 498. The van der Waals surface area contributed by atoms with Crippen LogP contribution in [0.1, 0.15) is 38.7 Å². The molecule has 2 rings (SSSR count). The molecule has 1 fully saturated rings. The molecule has 1 aromatic carbocycles. The molecule has 0 amide bonds. The van der Waals surface area contributed by atoms with Crippen molar-refractivity contribution in [1.82, 2.24) is 5.32 Å². The molecule has 5 nitrogen and oxygen atoms in total. The van der Waals surface area contributed by atoms with Crippen molar-refractivity contribution in [3.63, 3.8) is 0 Å². The third kappa shape index (κ3) is 5.36. The molecule has 0 saturated carbocycles. The first-order valence-corrected chi connectivity index (χ1v) is 8.73. The number of hydrogen-bond donors (Lipinski definition) is 1. The molecule has 5 heteroatoms. The molecule has 1 unspecified atom stereocenters. The fourth-order valence-corrected chi connectivity index (χ4v) is 2.87. The largest absolute Gasteiger partial charge is 0.493 e. The van der Waals surface area contributed by atoms with E-state index in [-0.39, 0.29) is 11.7 Å². The fourth-order valence-electron chi connectivity index (χ4n) is 2.87. The number of rotatable bonds is 9. The van der Waals surface area contributed by atoms with Gasteiger partial charge in [-0.05, 0) is 37.0 Å². The Kier molecular flexibility index (Phi) is 7.34. The minimum Gasteiger partial charge on any atom is -0.493 e. The average molecular weight is 337 g/mol. The van der Waals surface area contributed by atoms with Crippen molar-refractivity contribution in [1.29, 1.82) is 0 Å². The molecule has 24 heavy (non-hydrogen) atoms. The Morgan fingerprint density at radius 1 is 1.17 bits per heavy atom. The molecule has 1 atom stereocenters. The monoisotopic (exact) mass is 337 g/mol. The highest BCUT2D eigenvalue weighted by molar-refractivity contribution is 5.45. The molecule has 1 aromatic rings. The van der Waals surface area contributed by atoms with E-state index in [1.54, 1.807) is 14.2 Å². The van der Waals surface area contributed by atoms with Crippen LogP contribution in [0.15, 0.2) is 18.2 Å². The second kappa shape index (κ2) is 9.25. The van der Waals surface area contributed by atoms with Crippen LogP contribution >= 0.6 is 0 Å². The van der Waals surface area contributed by atoms with Crippen LogP contribution in [-0.2, 0) is 14.9 Å². The van der Waals surface area contributed by atoms with E-state index in [4.69, 9.17) is 18.9 Å². The van der Waals surface area contributed by atoms with E-state index in [1.165, 1.54) is 12.0 Å². The quantitative estimate of drug-likeness (QED) is 0.702. The summed E-state index contributed by atoms with van der Waals surface area (Å²) in [6.45, 7) is 7.60. The van der Waals surface area contributed by atoms with Gasteiger partial charge in [-0.1, -0.05) is 19.9 Å². The number of ether oxygens (including phenoxy) is 4. The lowest BCUT2D eigenvalue weighted by atomic mass is 9.84. The van der Waals surface area contributed by atoms with Gasteiger partial charge in [0.15, 0.2) is 17.8 Å². The van der Waals surface area contributed by atoms with Crippen molar-refractivity contribution in [2.24, 2.45) is 0 Å². The van der Waals surface area contributed by atoms with E-state index in [2.05, 4.69) is 25.2 Å².